The van der Waals surface area contributed by atoms with E-state index in [1.165, 1.54) is 19.5 Å². The Kier molecular flexibility index (Phi) is 6.05. The van der Waals surface area contributed by atoms with Crippen LogP contribution in [0.15, 0.2) is 17.0 Å². The summed E-state index contributed by atoms with van der Waals surface area (Å²) >= 11 is 3.06. The van der Waals surface area contributed by atoms with Gasteiger partial charge in [-0.05, 0) is 15.9 Å². The summed E-state index contributed by atoms with van der Waals surface area (Å²) in [4.78, 5) is 18.4. The molecule has 0 N–H and O–H groups in total. The van der Waals surface area contributed by atoms with Crippen LogP contribution in [0, 0.1) is 0 Å². The number of hydrogen-bond acceptors (Lipinski definition) is 4. The van der Waals surface area contributed by atoms with E-state index in [9.17, 15) is 4.79 Å². The highest BCUT2D eigenvalue weighted by molar-refractivity contribution is 9.10. The maximum absolute atomic E-state index is 10.9. The molecule has 0 amide bonds. The number of halogens is 1. The summed E-state index contributed by atoms with van der Waals surface area (Å²) in [6, 6.07) is 0. The molecule has 1 rings (SSSR count). The molecule has 5 heteroatoms. The molecule has 0 spiro atoms. The molecule has 0 aromatic carbocycles. The number of methoxy groups -OCH3 is 1. The summed E-state index contributed by atoms with van der Waals surface area (Å²) < 4.78 is 4.84. The fraction of sp³-hybridized carbons (Fsp3) is 0.375. The highest BCUT2D eigenvalue weighted by atomic mass is 79.9. The topological polar surface area (TPSA) is 52.1 Å². The fourth-order valence-corrected chi connectivity index (χ4v) is 0.937. The monoisotopic (exact) mass is 246 g/mol. The molecule has 1 heterocycles. The molecule has 0 radical (unpaired) electrons. The first-order valence-corrected chi connectivity index (χ1v) is 4.60. The molecule has 1 aromatic heterocycles. The zero-order valence-electron chi connectivity index (χ0n) is 7.74. The molecule has 13 heavy (non-hydrogen) atoms. The number of hydrogen-bond donors (Lipinski definition) is 0. The van der Waals surface area contributed by atoms with Gasteiger partial charge in [-0.3, -0.25) is 0 Å². The van der Waals surface area contributed by atoms with Crippen molar-refractivity contribution in [1.82, 2.24) is 9.97 Å². The van der Waals surface area contributed by atoms with Gasteiger partial charge in [-0.25, -0.2) is 14.8 Å². The van der Waals surface area contributed by atoms with Crippen molar-refractivity contribution < 1.29 is 9.53 Å². The quantitative estimate of drug-likeness (QED) is 0.712. The van der Waals surface area contributed by atoms with Gasteiger partial charge < -0.3 is 4.74 Å². The smallest absolute Gasteiger partial charge is 0.359 e. The fourth-order valence-electron chi connectivity index (χ4n) is 0.555. The second-order valence-corrected chi connectivity index (χ2v) is 2.44. The Morgan fingerprint density at radius 2 is 1.92 bits per heavy atom. The van der Waals surface area contributed by atoms with Crippen LogP contribution in [0.1, 0.15) is 24.3 Å². The minimum atomic E-state index is -0.495. The van der Waals surface area contributed by atoms with Gasteiger partial charge in [0.05, 0.1) is 7.11 Å². The van der Waals surface area contributed by atoms with Crippen LogP contribution >= 0.6 is 15.9 Å². The molecule has 0 fully saturated rings. The first-order valence-electron chi connectivity index (χ1n) is 3.80. The SMILES string of the molecule is CC.COC(=O)c1nccnc1Br. The minimum Gasteiger partial charge on any atom is -0.464 e. The summed E-state index contributed by atoms with van der Waals surface area (Å²) in [6.45, 7) is 4.00. The van der Waals surface area contributed by atoms with Crippen molar-refractivity contribution in [2.24, 2.45) is 0 Å². The van der Waals surface area contributed by atoms with E-state index in [1.807, 2.05) is 13.8 Å². The predicted molar refractivity (Wildman–Crippen MR) is 52.4 cm³/mol. The summed E-state index contributed by atoms with van der Waals surface area (Å²) in [5.74, 6) is -0.495. The Hall–Kier alpha value is -0.970. The Morgan fingerprint density at radius 3 is 2.38 bits per heavy atom. The Balaban J connectivity index is 0.000000671. The van der Waals surface area contributed by atoms with Crippen molar-refractivity contribution in [2.45, 2.75) is 13.8 Å². The average molecular weight is 247 g/mol. The lowest BCUT2D eigenvalue weighted by Crippen LogP contribution is -2.05. The van der Waals surface area contributed by atoms with Crippen molar-refractivity contribution in [3.63, 3.8) is 0 Å². The standard InChI is InChI=1S/C6H5BrN2O2.C2H6/c1-11-6(10)4-5(7)9-3-2-8-4;1-2/h2-3H,1H3;1-2H3. The van der Waals surface area contributed by atoms with Gasteiger partial charge in [-0.15, -0.1) is 0 Å². The lowest BCUT2D eigenvalue weighted by Gasteiger charge is -1.97. The van der Waals surface area contributed by atoms with Gasteiger partial charge in [-0.1, -0.05) is 13.8 Å². The predicted octanol–water partition coefficient (Wildman–Crippen LogP) is 2.05. The first-order chi connectivity index (χ1) is 6.25. The minimum absolute atomic E-state index is 0.190. The number of rotatable bonds is 1. The molecule has 0 unspecified atom stereocenters. The molecule has 0 saturated heterocycles. The molecule has 0 bridgehead atoms. The molecule has 0 atom stereocenters. The van der Waals surface area contributed by atoms with Crippen LogP contribution in [-0.2, 0) is 4.74 Å². The van der Waals surface area contributed by atoms with Crippen molar-refractivity contribution in [3.8, 4) is 0 Å². The van der Waals surface area contributed by atoms with Gasteiger partial charge in [-0.2, -0.15) is 0 Å². The molecule has 0 aliphatic heterocycles. The van der Waals surface area contributed by atoms with Gasteiger partial charge in [0, 0.05) is 12.4 Å². The van der Waals surface area contributed by atoms with Crippen LogP contribution < -0.4 is 0 Å². The Bertz CT molecular complexity index is 279. The summed E-state index contributed by atoms with van der Waals surface area (Å²) in [7, 11) is 1.30. The molecule has 0 aliphatic carbocycles. The van der Waals surface area contributed by atoms with Crippen molar-refractivity contribution in [3.05, 3.63) is 22.7 Å². The third kappa shape index (κ3) is 3.50. The molecule has 1 aromatic rings. The summed E-state index contributed by atoms with van der Waals surface area (Å²) in [5.41, 5.74) is 0.190. The second kappa shape index (κ2) is 6.54. The largest absolute Gasteiger partial charge is 0.464 e. The Morgan fingerprint density at radius 1 is 1.38 bits per heavy atom. The van der Waals surface area contributed by atoms with Crippen LogP contribution in [0.2, 0.25) is 0 Å². The van der Waals surface area contributed by atoms with Crippen molar-refractivity contribution in [1.29, 1.82) is 0 Å². The first kappa shape index (κ1) is 12.0. The number of carbonyl (C=O) groups is 1. The van der Waals surface area contributed by atoms with E-state index < -0.39 is 5.97 Å². The molecule has 0 saturated carbocycles. The maximum Gasteiger partial charge on any atom is 0.359 e. The number of esters is 1. The molecular formula is C8H11BrN2O2. The van der Waals surface area contributed by atoms with E-state index in [4.69, 9.17) is 0 Å². The number of carbonyl (C=O) groups excluding carboxylic acids is 1. The number of ether oxygens (including phenoxy) is 1. The molecular weight excluding hydrogens is 236 g/mol. The number of aromatic nitrogens is 2. The van der Waals surface area contributed by atoms with E-state index in [-0.39, 0.29) is 5.69 Å². The second-order valence-electron chi connectivity index (χ2n) is 1.69. The van der Waals surface area contributed by atoms with Crippen LogP contribution in [0.3, 0.4) is 0 Å². The third-order valence-electron chi connectivity index (χ3n) is 1.03. The lowest BCUT2D eigenvalue weighted by atomic mass is 10.5. The van der Waals surface area contributed by atoms with Crippen LogP contribution in [0.25, 0.3) is 0 Å². The molecule has 0 aliphatic rings. The van der Waals surface area contributed by atoms with Crippen molar-refractivity contribution in [2.75, 3.05) is 7.11 Å². The van der Waals surface area contributed by atoms with Gasteiger partial charge in [0.1, 0.15) is 4.60 Å². The lowest BCUT2D eigenvalue weighted by molar-refractivity contribution is 0.0592. The van der Waals surface area contributed by atoms with Crippen molar-refractivity contribution >= 4 is 21.9 Å². The summed E-state index contributed by atoms with van der Waals surface area (Å²) in [6.07, 6.45) is 2.91. The molecule has 72 valence electrons. The average Bonchev–Trinajstić information content (AvgIpc) is 2.20. The van der Waals surface area contributed by atoms with Crippen LogP contribution in [0.4, 0.5) is 0 Å². The van der Waals surface area contributed by atoms with E-state index in [1.54, 1.807) is 0 Å². The third-order valence-corrected chi connectivity index (χ3v) is 1.61. The summed E-state index contributed by atoms with van der Waals surface area (Å²) in [5, 5.41) is 0. The normalized spacial score (nSPS) is 8.31. The van der Waals surface area contributed by atoms with Crippen LogP contribution in [0.5, 0.6) is 0 Å². The van der Waals surface area contributed by atoms with E-state index >= 15 is 0 Å². The Labute approximate surface area is 85.5 Å². The highest BCUT2D eigenvalue weighted by Crippen LogP contribution is 2.09. The van der Waals surface area contributed by atoms with Gasteiger partial charge in [0.15, 0.2) is 5.69 Å². The van der Waals surface area contributed by atoms with Gasteiger partial charge >= 0.3 is 5.97 Å². The van der Waals surface area contributed by atoms with Gasteiger partial charge in [0.2, 0.25) is 0 Å². The van der Waals surface area contributed by atoms with E-state index in [2.05, 4.69) is 30.6 Å². The molecule has 4 nitrogen and oxygen atoms in total. The zero-order chi connectivity index (χ0) is 10.3. The number of nitrogens with zero attached hydrogens (tertiary/aromatic N) is 2. The maximum atomic E-state index is 10.9. The van der Waals surface area contributed by atoms with Gasteiger partial charge in [0.25, 0.3) is 0 Å². The highest BCUT2D eigenvalue weighted by Gasteiger charge is 2.11. The van der Waals surface area contributed by atoms with E-state index in [0.29, 0.717) is 4.60 Å². The van der Waals surface area contributed by atoms with E-state index in [0.717, 1.165) is 0 Å². The zero-order valence-corrected chi connectivity index (χ0v) is 9.33. The van der Waals surface area contributed by atoms with Crippen LogP contribution in [-0.4, -0.2) is 23.0 Å².